The highest BCUT2D eigenvalue weighted by molar-refractivity contribution is 6.32. The summed E-state index contributed by atoms with van der Waals surface area (Å²) >= 11 is 6.20. The smallest absolute Gasteiger partial charge is 0.254 e. The lowest BCUT2D eigenvalue weighted by Gasteiger charge is -2.31. The maximum Gasteiger partial charge on any atom is 0.254 e. The zero-order valence-corrected chi connectivity index (χ0v) is 14.1. The maximum absolute atomic E-state index is 12.7. The van der Waals surface area contributed by atoms with Crippen molar-refractivity contribution in [3.05, 3.63) is 22.7 Å². The number of nitrogens with two attached hydrogens (primary N) is 1. The Balaban J connectivity index is 2.25. The summed E-state index contributed by atoms with van der Waals surface area (Å²) in [7, 11) is 1.49. The molecule has 1 unspecified atom stereocenters. The van der Waals surface area contributed by atoms with Crippen LogP contribution in [0.5, 0.6) is 11.5 Å². The van der Waals surface area contributed by atoms with E-state index < -0.39 is 0 Å². The summed E-state index contributed by atoms with van der Waals surface area (Å²) in [5.41, 5.74) is 5.76. The second kappa shape index (κ2) is 7.55. The quantitative estimate of drug-likeness (QED) is 0.889. The van der Waals surface area contributed by atoms with Crippen LogP contribution in [0, 0.1) is 5.92 Å². The molecule has 1 aromatic carbocycles. The molecule has 2 N–H and O–H groups in total. The topological polar surface area (TPSA) is 81.9 Å². The van der Waals surface area contributed by atoms with E-state index in [9.17, 15) is 9.59 Å². The van der Waals surface area contributed by atoms with Crippen molar-refractivity contribution < 1.29 is 19.1 Å². The second-order valence-corrected chi connectivity index (χ2v) is 5.82. The van der Waals surface area contributed by atoms with Gasteiger partial charge in [-0.15, -0.1) is 0 Å². The summed E-state index contributed by atoms with van der Waals surface area (Å²) in [6, 6.07) is 3.17. The number of likely N-dealkylation sites (tertiary alicyclic amines) is 1. The average Bonchev–Trinajstić information content (AvgIpc) is 2.56. The normalized spacial score (nSPS) is 17.7. The number of halogens is 1. The van der Waals surface area contributed by atoms with Gasteiger partial charge < -0.3 is 20.1 Å². The highest BCUT2D eigenvalue weighted by atomic mass is 35.5. The highest BCUT2D eigenvalue weighted by Crippen LogP contribution is 2.37. The molecule has 1 heterocycles. The number of carbonyl (C=O) groups is 2. The van der Waals surface area contributed by atoms with Crippen LogP contribution in [-0.2, 0) is 4.79 Å². The van der Waals surface area contributed by atoms with Gasteiger partial charge in [-0.2, -0.15) is 0 Å². The fraction of sp³-hybridized carbons (Fsp3) is 0.500. The second-order valence-electron chi connectivity index (χ2n) is 5.42. The third kappa shape index (κ3) is 3.88. The number of carbonyl (C=O) groups excluding carboxylic acids is 2. The van der Waals surface area contributed by atoms with E-state index in [1.807, 2.05) is 6.92 Å². The van der Waals surface area contributed by atoms with Crippen LogP contribution in [0.2, 0.25) is 5.02 Å². The van der Waals surface area contributed by atoms with Crippen molar-refractivity contribution in [1.29, 1.82) is 0 Å². The molecular weight excluding hydrogens is 320 g/mol. The zero-order chi connectivity index (χ0) is 17.0. The van der Waals surface area contributed by atoms with Crippen molar-refractivity contribution in [2.24, 2.45) is 11.7 Å². The lowest BCUT2D eigenvalue weighted by atomic mass is 9.97. The van der Waals surface area contributed by atoms with E-state index in [0.29, 0.717) is 48.2 Å². The third-order valence-electron chi connectivity index (χ3n) is 3.88. The first-order valence-electron chi connectivity index (χ1n) is 7.56. The number of nitrogens with zero attached hydrogens (tertiary/aromatic N) is 1. The SMILES string of the molecule is CCOc1c(Cl)cc(C(=O)N2CCCC(C(N)=O)C2)cc1OC. The Kier molecular flexibility index (Phi) is 5.71. The van der Waals surface area contributed by atoms with Crippen LogP contribution in [0.15, 0.2) is 12.1 Å². The van der Waals surface area contributed by atoms with E-state index in [1.165, 1.54) is 7.11 Å². The van der Waals surface area contributed by atoms with Crippen molar-refractivity contribution in [2.45, 2.75) is 19.8 Å². The summed E-state index contributed by atoms with van der Waals surface area (Å²) in [4.78, 5) is 25.7. The van der Waals surface area contributed by atoms with Gasteiger partial charge in [-0.05, 0) is 31.9 Å². The summed E-state index contributed by atoms with van der Waals surface area (Å²) < 4.78 is 10.7. The molecule has 1 aliphatic rings. The number of primary amides is 1. The Morgan fingerprint density at radius 3 is 2.78 bits per heavy atom. The predicted octanol–water partition coefficient (Wildman–Crippen LogP) is 2.08. The van der Waals surface area contributed by atoms with Crippen LogP contribution >= 0.6 is 11.6 Å². The molecule has 7 heteroatoms. The lowest BCUT2D eigenvalue weighted by Crippen LogP contribution is -2.44. The minimum absolute atomic E-state index is 0.195. The van der Waals surface area contributed by atoms with E-state index in [-0.39, 0.29) is 17.7 Å². The van der Waals surface area contributed by atoms with E-state index in [4.69, 9.17) is 26.8 Å². The lowest BCUT2D eigenvalue weighted by molar-refractivity contribution is -0.123. The van der Waals surface area contributed by atoms with Crippen molar-refractivity contribution >= 4 is 23.4 Å². The first-order valence-corrected chi connectivity index (χ1v) is 7.94. The van der Waals surface area contributed by atoms with Gasteiger partial charge in [0.05, 0.1) is 24.7 Å². The molecule has 1 fully saturated rings. The van der Waals surface area contributed by atoms with Crippen LogP contribution in [-0.4, -0.2) is 43.5 Å². The van der Waals surface area contributed by atoms with E-state index in [1.54, 1.807) is 17.0 Å². The molecule has 2 rings (SSSR count). The van der Waals surface area contributed by atoms with Gasteiger partial charge in [-0.3, -0.25) is 9.59 Å². The number of hydrogen-bond acceptors (Lipinski definition) is 4. The average molecular weight is 341 g/mol. The molecule has 23 heavy (non-hydrogen) atoms. The number of amides is 2. The monoisotopic (exact) mass is 340 g/mol. The molecule has 1 saturated heterocycles. The molecule has 2 amide bonds. The Morgan fingerprint density at radius 2 is 2.17 bits per heavy atom. The number of hydrogen-bond donors (Lipinski definition) is 1. The summed E-state index contributed by atoms with van der Waals surface area (Å²) in [6.45, 7) is 3.21. The zero-order valence-electron chi connectivity index (χ0n) is 13.3. The van der Waals surface area contributed by atoms with Gasteiger partial charge in [0.15, 0.2) is 11.5 Å². The number of methoxy groups -OCH3 is 1. The summed E-state index contributed by atoms with van der Waals surface area (Å²) in [5.74, 6) is -0.0372. The molecule has 1 aliphatic heterocycles. The van der Waals surface area contributed by atoms with Gasteiger partial charge in [-0.25, -0.2) is 0 Å². The van der Waals surface area contributed by atoms with Crippen LogP contribution in [0.4, 0.5) is 0 Å². The number of ether oxygens (including phenoxy) is 2. The minimum Gasteiger partial charge on any atom is -0.493 e. The van der Waals surface area contributed by atoms with Gasteiger partial charge in [-0.1, -0.05) is 11.6 Å². The standard InChI is InChI=1S/C16H21ClN2O4/c1-3-23-14-12(17)7-11(8-13(14)22-2)16(21)19-6-4-5-10(9-19)15(18)20/h7-8,10H,3-6,9H2,1-2H3,(H2,18,20). The fourth-order valence-corrected chi connectivity index (χ4v) is 2.97. The molecular formula is C16H21ClN2O4. The van der Waals surface area contributed by atoms with Gasteiger partial charge in [0, 0.05) is 18.7 Å². The number of rotatable bonds is 5. The maximum atomic E-state index is 12.7. The van der Waals surface area contributed by atoms with E-state index in [0.717, 1.165) is 6.42 Å². The predicted molar refractivity (Wildman–Crippen MR) is 87.0 cm³/mol. The van der Waals surface area contributed by atoms with Gasteiger partial charge in [0.2, 0.25) is 5.91 Å². The van der Waals surface area contributed by atoms with Crippen LogP contribution < -0.4 is 15.2 Å². The molecule has 1 aromatic rings. The van der Waals surface area contributed by atoms with Crippen LogP contribution in [0.1, 0.15) is 30.1 Å². The van der Waals surface area contributed by atoms with Gasteiger partial charge >= 0.3 is 0 Å². The highest BCUT2D eigenvalue weighted by Gasteiger charge is 2.28. The Bertz CT molecular complexity index is 606. The molecule has 0 aromatic heterocycles. The Morgan fingerprint density at radius 1 is 1.43 bits per heavy atom. The molecule has 0 bridgehead atoms. The Hall–Kier alpha value is -1.95. The fourth-order valence-electron chi connectivity index (χ4n) is 2.70. The first kappa shape index (κ1) is 17.4. The molecule has 0 radical (unpaired) electrons. The largest absolute Gasteiger partial charge is 0.493 e. The number of piperidine rings is 1. The van der Waals surface area contributed by atoms with Gasteiger partial charge in [0.1, 0.15) is 0 Å². The number of benzene rings is 1. The van der Waals surface area contributed by atoms with Crippen molar-refractivity contribution in [3.8, 4) is 11.5 Å². The molecule has 0 saturated carbocycles. The molecule has 126 valence electrons. The first-order chi connectivity index (χ1) is 11.0. The van der Waals surface area contributed by atoms with Crippen LogP contribution in [0.25, 0.3) is 0 Å². The summed E-state index contributed by atoms with van der Waals surface area (Å²) in [6.07, 6.45) is 1.47. The summed E-state index contributed by atoms with van der Waals surface area (Å²) in [5, 5.41) is 0.318. The Labute approximate surface area is 140 Å². The van der Waals surface area contributed by atoms with Crippen LogP contribution in [0.3, 0.4) is 0 Å². The van der Waals surface area contributed by atoms with Crippen molar-refractivity contribution in [1.82, 2.24) is 4.90 Å². The molecule has 0 aliphatic carbocycles. The molecule has 0 spiro atoms. The third-order valence-corrected chi connectivity index (χ3v) is 4.16. The van der Waals surface area contributed by atoms with E-state index in [2.05, 4.69) is 0 Å². The van der Waals surface area contributed by atoms with Crippen molar-refractivity contribution in [2.75, 3.05) is 26.8 Å². The molecule has 1 atom stereocenters. The van der Waals surface area contributed by atoms with E-state index >= 15 is 0 Å². The van der Waals surface area contributed by atoms with Gasteiger partial charge in [0.25, 0.3) is 5.91 Å². The minimum atomic E-state index is -0.371. The molecule has 6 nitrogen and oxygen atoms in total. The van der Waals surface area contributed by atoms with Crippen molar-refractivity contribution in [3.63, 3.8) is 0 Å².